The maximum atomic E-state index is 11.6. The molecule has 2 amide bonds. The fourth-order valence-corrected chi connectivity index (χ4v) is 2.36. The van der Waals surface area contributed by atoms with Gasteiger partial charge in [-0.15, -0.1) is 0 Å². The molecule has 0 fully saturated rings. The first kappa shape index (κ1) is 18.3. The zero-order valence-electron chi connectivity index (χ0n) is 14.3. The number of aliphatic carboxylic acids is 1. The van der Waals surface area contributed by atoms with Crippen molar-refractivity contribution in [1.82, 2.24) is 10.6 Å². The molecule has 6 nitrogen and oxygen atoms in total. The number of carboxylic acids is 1. The van der Waals surface area contributed by atoms with Gasteiger partial charge < -0.3 is 20.5 Å². The third kappa shape index (κ3) is 5.53. The van der Waals surface area contributed by atoms with Crippen molar-refractivity contribution in [2.45, 2.75) is 19.9 Å². The maximum absolute atomic E-state index is 11.6. The Morgan fingerprint density at radius 3 is 2.12 bits per heavy atom. The van der Waals surface area contributed by atoms with E-state index >= 15 is 0 Å². The number of carbonyl (C=O) groups excluding carboxylic acids is 1. The average molecular weight is 342 g/mol. The first-order valence-corrected chi connectivity index (χ1v) is 8.09. The third-order valence-electron chi connectivity index (χ3n) is 3.66. The van der Waals surface area contributed by atoms with Gasteiger partial charge in [-0.3, -0.25) is 4.79 Å². The highest BCUT2D eigenvalue weighted by atomic mass is 16.5. The van der Waals surface area contributed by atoms with Crippen LogP contribution in [0.4, 0.5) is 4.79 Å². The third-order valence-corrected chi connectivity index (χ3v) is 3.66. The van der Waals surface area contributed by atoms with Crippen molar-refractivity contribution < 1.29 is 19.4 Å². The van der Waals surface area contributed by atoms with Crippen LogP contribution in [0.2, 0.25) is 0 Å². The van der Waals surface area contributed by atoms with Gasteiger partial charge in [0, 0.05) is 0 Å². The summed E-state index contributed by atoms with van der Waals surface area (Å²) in [5.41, 5.74) is 3.07. The fourth-order valence-electron chi connectivity index (χ4n) is 2.36. The van der Waals surface area contributed by atoms with Crippen molar-refractivity contribution >= 4 is 12.0 Å². The molecule has 0 aliphatic heterocycles. The van der Waals surface area contributed by atoms with Crippen LogP contribution in [-0.2, 0) is 4.79 Å². The molecule has 0 radical (unpaired) electrons. The summed E-state index contributed by atoms with van der Waals surface area (Å²) in [5.74, 6) is -0.240. The highest BCUT2D eigenvalue weighted by Crippen LogP contribution is 2.24. The van der Waals surface area contributed by atoms with E-state index in [0.717, 1.165) is 22.4 Å². The van der Waals surface area contributed by atoms with Gasteiger partial charge in [-0.2, -0.15) is 0 Å². The van der Waals surface area contributed by atoms with Crippen LogP contribution in [0.25, 0.3) is 11.1 Å². The quantitative estimate of drug-likeness (QED) is 0.721. The van der Waals surface area contributed by atoms with Crippen LogP contribution in [0.1, 0.15) is 25.5 Å². The summed E-state index contributed by atoms with van der Waals surface area (Å²) in [5, 5.41) is 13.5. The molecule has 0 heterocycles. The molecule has 0 saturated heterocycles. The van der Waals surface area contributed by atoms with Crippen LogP contribution in [-0.4, -0.2) is 30.3 Å². The largest absolute Gasteiger partial charge is 0.494 e. The number of amides is 2. The Kier molecular flexibility index (Phi) is 6.39. The molecule has 25 heavy (non-hydrogen) atoms. The lowest BCUT2D eigenvalue weighted by Crippen LogP contribution is -2.39. The van der Waals surface area contributed by atoms with E-state index in [9.17, 15) is 9.59 Å². The van der Waals surface area contributed by atoms with Gasteiger partial charge in [0.2, 0.25) is 0 Å². The molecular formula is C19H22N2O4. The normalized spacial score (nSPS) is 11.4. The first-order valence-electron chi connectivity index (χ1n) is 8.09. The lowest BCUT2D eigenvalue weighted by molar-refractivity contribution is -0.135. The minimum absolute atomic E-state index is 0.233. The molecule has 6 heteroatoms. The highest BCUT2D eigenvalue weighted by Gasteiger charge is 2.10. The molecule has 2 aromatic rings. The Bertz CT molecular complexity index is 711. The molecule has 0 spiro atoms. The van der Waals surface area contributed by atoms with Crippen molar-refractivity contribution in [2.75, 3.05) is 13.2 Å². The zero-order valence-corrected chi connectivity index (χ0v) is 14.3. The van der Waals surface area contributed by atoms with Gasteiger partial charge in [0.25, 0.3) is 0 Å². The van der Waals surface area contributed by atoms with Crippen molar-refractivity contribution in [3.05, 3.63) is 54.1 Å². The molecule has 0 aromatic heterocycles. The number of urea groups is 1. The summed E-state index contributed by atoms with van der Waals surface area (Å²) in [6, 6.07) is 15.0. The van der Waals surface area contributed by atoms with Gasteiger partial charge in [0.15, 0.2) is 0 Å². The smallest absolute Gasteiger partial charge is 0.323 e. The van der Waals surface area contributed by atoms with Crippen LogP contribution < -0.4 is 15.4 Å². The van der Waals surface area contributed by atoms with E-state index in [1.165, 1.54) is 0 Å². The Hall–Kier alpha value is -3.02. The number of hydrogen-bond acceptors (Lipinski definition) is 3. The van der Waals surface area contributed by atoms with Crippen molar-refractivity contribution in [1.29, 1.82) is 0 Å². The molecule has 0 aliphatic rings. The number of ether oxygens (including phenoxy) is 1. The number of rotatable bonds is 7. The summed E-state index contributed by atoms with van der Waals surface area (Å²) in [4.78, 5) is 22.0. The summed E-state index contributed by atoms with van der Waals surface area (Å²) < 4.78 is 5.44. The molecule has 3 N–H and O–H groups in total. The second-order valence-electron chi connectivity index (χ2n) is 5.52. The molecule has 1 unspecified atom stereocenters. The predicted octanol–water partition coefficient (Wildman–Crippen LogP) is 3.20. The highest BCUT2D eigenvalue weighted by molar-refractivity contribution is 5.80. The molecule has 132 valence electrons. The van der Waals surface area contributed by atoms with E-state index in [-0.39, 0.29) is 6.04 Å². The van der Waals surface area contributed by atoms with Crippen molar-refractivity contribution in [3.63, 3.8) is 0 Å². The van der Waals surface area contributed by atoms with Gasteiger partial charge >= 0.3 is 12.0 Å². The van der Waals surface area contributed by atoms with E-state index in [4.69, 9.17) is 9.84 Å². The van der Waals surface area contributed by atoms with Gasteiger partial charge in [0.05, 0.1) is 12.6 Å². The average Bonchev–Trinajstić information content (AvgIpc) is 2.61. The van der Waals surface area contributed by atoms with Crippen LogP contribution in [0, 0.1) is 0 Å². The van der Waals surface area contributed by atoms with E-state index in [2.05, 4.69) is 10.6 Å². The minimum atomic E-state index is -1.08. The number of carbonyl (C=O) groups is 2. The standard InChI is InChI=1S/C19H22N2O4/c1-3-25-17-10-8-16(9-11-17)15-6-4-14(5-7-15)13(2)21-19(24)20-12-18(22)23/h4-11,13H,3,12H2,1-2H3,(H,22,23)(H2,20,21,24). The lowest BCUT2D eigenvalue weighted by atomic mass is 10.0. The SMILES string of the molecule is CCOc1ccc(-c2ccc(C(C)NC(=O)NCC(=O)O)cc2)cc1. The lowest BCUT2D eigenvalue weighted by Gasteiger charge is -2.15. The van der Waals surface area contributed by atoms with Gasteiger partial charge in [-0.1, -0.05) is 36.4 Å². The number of carboxylic acid groups (broad SMARTS) is 1. The maximum Gasteiger partial charge on any atom is 0.323 e. The molecule has 2 aromatic carbocycles. The molecular weight excluding hydrogens is 320 g/mol. The summed E-state index contributed by atoms with van der Waals surface area (Å²) in [6.07, 6.45) is 0. The molecule has 0 aliphatic carbocycles. The fraction of sp³-hybridized carbons (Fsp3) is 0.263. The zero-order chi connectivity index (χ0) is 18.2. The topological polar surface area (TPSA) is 87.7 Å². The second-order valence-corrected chi connectivity index (χ2v) is 5.52. The van der Waals surface area contributed by atoms with E-state index < -0.39 is 18.5 Å². The van der Waals surface area contributed by atoms with Gasteiger partial charge in [-0.25, -0.2) is 4.79 Å². The molecule has 1 atom stereocenters. The van der Waals surface area contributed by atoms with Crippen molar-refractivity contribution in [3.8, 4) is 16.9 Å². The van der Waals surface area contributed by atoms with Crippen LogP contribution in [0.3, 0.4) is 0 Å². The monoisotopic (exact) mass is 342 g/mol. The first-order chi connectivity index (χ1) is 12.0. The Morgan fingerprint density at radius 1 is 1.04 bits per heavy atom. The Balaban J connectivity index is 1.98. The van der Waals surface area contributed by atoms with E-state index in [0.29, 0.717) is 6.61 Å². The van der Waals surface area contributed by atoms with E-state index in [1.54, 1.807) is 0 Å². The minimum Gasteiger partial charge on any atom is -0.494 e. The number of benzene rings is 2. The Labute approximate surface area is 146 Å². The van der Waals surface area contributed by atoms with Gasteiger partial charge in [-0.05, 0) is 42.7 Å². The molecule has 0 bridgehead atoms. The van der Waals surface area contributed by atoms with E-state index in [1.807, 2.05) is 62.4 Å². The Morgan fingerprint density at radius 2 is 1.60 bits per heavy atom. The van der Waals surface area contributed by atoms with Gasteiger partial charge in [0.1, 0.15) is 12.3 Å². The second kappa shape index (κ2) is 8.73. The summed E-state index contributed by atoms with van der Waals surface area (Å²) in [6.45, 7) is 4.02. The van der Waals surface area contributed by atoms with Crippen LogP contribution in [0.15, 0.2) is 48.5 Å². The van der Waals surface area contributed by atoms with Crippen molar-refractivity contribution in [2.24, 2.45) is 0 Å². The molecule has 0 saturated carbocycles. The van der Waals surface area contributed by atoms with Crippen LogP contribution >= 0.6 is 0 Å². The molecule has 2 rings (SSSR count). The number of nitrogens with one attached hydrogen (secondary N) is 2. The summed E-state index contributed by atoms with van der Waals surface area (Å²) >= 11 is 0. The summed E-state index contributed by atoms with van der Waals surface area (Å²) in [7, 11) is 0. The van der Waals surface area contributed by atoms with Crippen LogP contribution in [0.5, 0.6) is 5.75 Å². The predicted molar refractivity (Wildman–Crippen MR) is 95.6 cm³/mol. The number of hydrogen-bond donors (Lipinski definition) is 3.